The zero-order valence-electron chi connectivity index (χ0n) is 44.7. The molecular formula is C62H117NO3. The maximum Gasteiger partial charge on any atom is 0.220 e. The van der Waals surface area contributed by atoms with Crippen LogP contribution in [0.4, 0.5) is 0 Å². The van der Waals surface area contributed by atoms with Crippen LogP contribution < -0.4 is 5.32 Å². The van der Waals surface area contributed by atoms with Crippen molar-refractivity contribution in [1.82, 2.24) is 5.32 Å². The third-order valence-corrected chi connectivity index (χ3v) is 13.8. The fourth-order valence-corrected chi connectivity index (χ4v) is 9.25. The van der Waals surface area contributed by atoms with Crippen LogP contribution in [-0.4, -0.2) is 34.9 Å². The summed E-state index contributed by atoms with van der Waals surface area (Å²) in [5.41, 5.74) is 0. The smallest absolute Gasteiger partial charge is 0.220 e. The first kappa shape index (κ1) is 64.3. The fraction of sp³-hybridized carbons (Fsp3) is 0.855. The topological polar surface area (TPSA) is 69.6 Å². The molecule has 4 heteroatoms. The second-order valence-corrected chi connectivity index (χ2v) is 20.4. The van der Waals surface area contributed by atoms with Gasteiger partial charge in [-0.05, 0) is 57.8 Å². The second-order valence-electron chi connectivity index (χ2n) is 20.4. The molecule has 0 aliphatic heterocycles. The van der Waals surface area contributed by atoms with Gasteiger partial charge in [-0.1, -0.05) is 306 Å². The van der Waals surface area contributed by atoms with Crippen molar-refractivity contribution in [1.29, 1.82) is 0 Å². The van der Waals surface area contributed by atoms with E-state index in [-0.39, 0.29) is 12.5 Å². The number of carbonyl (C=O) groups excluding carboxylic acids is 1. The maximum atomic E-state index is 12.5. The third kappa shape index (κ3) is 53.3. The minimum Gasteiger partial charge on any atom is -0.394 e. The molecule has 0 saturated heterocycles. The number of carbonyl (C=O) groups is 1. The fourth-order valence-electron chi connectivity index (χ4n) is 9.25. The van der Waals surface area contributed by atoms with E-state index in [0.29, 0.717) is 6.42 Å². The first-order chi connectivity index (χ1) is 32.7. The number of unbranched alkanes of at least 4 members (excludes halogenated alkanes) is 42. The maximum absolute atomic E-state index is 12.5. The average Bonchev–Trinajstić information content (AvgIpc) is 3.32. The number of allylic oxidation sites excluding steroid dienone is 7. The highest BCUT2D eigenvalue weighted by atomic mass is 16.3. The van der Waals surface area contributed by atoms with Crippen LogP contribution in [0.25, 0.3) is 0 Å². The summed E-state index contributed by atoms with van der Waals surface area (Å²) in [6.07, 6.45) is 80.1. The van der Waals surface area contributed by atoms with Gasteiger partial charge in [-0.2, -0.15) is 0 Å². The van der Waals surface area contributed by atoms with Crippen molar-refractivity contribution < 1.29 is 15.0 Å². The Bertz CT molecular complexity index is 1050. The van der Waals surface area contributed by atoms with E-state index in [9.17, 15) is 15.0 Å². The normalized spacial score (nSPS) is 13.1. The molecule has 0 aromatic rings. The summed E-state index contributed by atoms with van der Waals surface area (Å²) < 4.78 is 0. The number of amides is 1. The van der Waals surface area contributed by atoms with Gasteiger partial charge in [-0.15, -0.1) is 0 Å². The number of aliphatic hydroxyl groups is 2. The molecule has 0 aromatic heterocycles. The molecule has 0 heterocycles. The van der Waals surface area contributed by atoms with Crippen LogP contribution in [0.3, 0.4) is 0 Å². The van der Waals surface area contributed by atoms with Crippen LogP contribution >= 0.6 is 0 Å². The van der Waals surface area contributed by atoms with Crippen molar-refractivity contribution in [3.05, 3.63) is 48.6 Å². The van der Waals surface area contributed by atoms with E-state index in [1.807, 2.05) is 6.08 Å². The van der Waals surface area contributed by atoms with Gasteiger partial charge in [0.15, 0.2) is 0 Å². The highest BCUT2D eigenvalue weighted by Gasteiger charge is 2.18. The molecule has 0 fully saturated rings. The van der Waals surface area contributed by atoms with Gasteiger partial charge in [0.05, 0.1) is 18.8 Å². The molecule has 2 unspecified atom stereocenters. The Morgan fingerprint density at radius 1 is 0.364 bits per heavy atom. The molecular weight excluding hydrogens is 807 g/mol. The minimum absolute atomic E-state index is 0.0734. The summed E-state index contributed by atoms with van der Waals surface area (Å²) >= 11 is 0. The molecule has 0 aliphatic carbocycles. The van der Waals surface area contributed by atoms with Crippen LogP contribution in [0.5, 0.6) is 0 Å². The number of nitrogens with one attached hydrogen (secondary N) is 1. The summed E-state index contributed by atoms with van der Waals surface area (Å²) in [6, 6.07) is -0.632. The highest BCUT2D eigenvalue weighted by Crippen LogP contribution is 2.18. The van der Waals surface area contributed by atoms with Gasteiger partial charge in [-0.3, -0.25) is 4.79 Å². The molecule has 388 valence electrons. The molecule has 0 radical (unpaired) electrons. The summed E-state index contributed by atoms with van der Waals surface area (Å²) in [6.45, 7) is 4.32. The SMILES string of the molecule is CCCCCCC/C=C\C/C=C\C/C=C\CCCCCCCCC(=O)NC(CO)C(O)/C=C/CCCCCCCCCCCCCCCCCCCCCCCCCCCCCCCCC. The van der Waals surface area contributed by atoms with Crippen molar-refractivity contribution in [3.63, 3.8) is 0 Å². The van der Waals surface area contributed by atoms with Gasteiger partial charge < -0.3 is 15.5 Å². The number of rotatable bonds is 55. The first-order valence-electron chi connectivity index (χ1n) is 29.9. The summed E-state index contributed by atoms with van der Waals surface area (Å²) in [5, 5.41) is 23.2. The highest BCUT2D eigenvalue weighted by molar-refractivity contribution is 5.76. The van der Waals surface area contributed by atoms with Crippen molar-refractivity contribution >= 4 is 5.91 Å². The zero-order chi connectivity index (χ0) is 47.7. The zero-order valence-corrected chi connectivity index (χ0v) is 44.7. The molecule has 0 aliphatic rings. The van der Waals surface area contributed by atoms with E-state index in [2.05, 4.69) is 55.6 Å². The second kappa shape index (κ2) is 57.7. The van der Waals surface area contributed by atoms with Gasteiger partial charge in [0.2, 0.25) is 5.91 Å². The van der Waals surface area contributed by atoms with E-state index in [4.69, 9.17) is 0 Å². The van der Waals surface area contributed by atoms with E-state index in [1.165, 1.54) is 250 Å². The Hall–Kier alpha value is -1.65. The van der Waals surface area contributed by atoms with E-state index >= 15 is 0 Å². The molecule has 3 N–H and O–H groups in total. The van der Waals surface area contributed by atoms with Gasteiger partial charge in [-0.25, -0.2) is 0 Å². The average molecular weight is 925 g/mol. The first-order valence-corrected chi connectivity index (χ1v) is 29.9. The van der Waals surface area contributed by atoms with Crippen LogP contribution in [-0.2, 0) is 4.79 Å². The summed E-state index contributed by atoms with van der Waals surface area (Å²) in [7, 11) is 0. The van der Waals surface area contributed by atoms with Gasteiger partial charge in [0.1, 0.15) is 0 Å². The molecule has 1 amide bonds. The molecule has 0 bridgehead atoms. The number of hydrogen-bond acceptors (Lipinski definition) is 3. The lowest BCUT2D eigenvalue weighted by atomic mass is 10.0. The molecule has 0 spiro atoms. The Balaban J connectivity index is 3.47. The van der Waals surface area contributed by atoms with E-state index in [0.717, 1.165) is 51.4 Å². The molecule has 0 rings (SSSR count). The van der Waals surface area contributed by atoms with E-state index in [1.54, 1.807) is 6.08 Å². The molecule has 0 aromatic carbocycles. The van der Waals surface area contributed by atoms with E-state index < -0.39 is 12.1 Å². The van der Waals surface area contributed by atoms with Crippen molar-refractivity contribution in [2.75, 3.05) is 6.61 Å². The van der Waals surface area contributed by atoms with Crippen molar-refractivity contribution in [2.45, 2.75) is 334 Å². The third-order valence-electron chi connectivity index (χ3n) is 13.8. The van der Waals surface area contributed by atoms with Crippen LogP contribution in [0.2, 0.25) is 0 Å². The lowest BCUT2D eigenvalue weighted by molar-refractivity contribution is -0.123. The van der Waals surface area contributed by atoms with Gasteiger partial charge in [0, 0.05) is 6.42 Å². The van der Waals surface area contributed by atoms with Crippen LogP contribution in [0, 0.1) is 0 Å². The molecule has 2 atom stereocenters. The predicted octanol–water partition coefficient (Wildman–Crippen LogP) is 19.8. The standard InChI is InChI=1S/C62H117NO3/c1-3-5-7-9-11-13-15-17-19-21-23-25-26-27-28-29-30-31-32-33-34-35-36-38-39-41-43-45-47-49-51-53-55-57-61(65)60(59-64)63-62(66)58-56-54-52-50-48-46-44-42-40-37-24-22-20-18-16-14-12-10-8-6-4-2/h16,18,22,24,40,42,55,57,60-61,64-65H,3-15,17,19-21,23,25-39,41,43-54,56,58-59H2,1-2H3,(H,63,66)/b18-16-,24-22-,42-40-,57-55+. The minimum atomic E-state index is -0.848. The predicted molar refractivity (Wildman–Crippen MR) is 295 cm³/mol. The Morgan fingerprint density at radius 3 is 0.924 bits per heavy atom. The lowest BCUT2D eigenvalue weighted by Crippen LogP contribution is -2.45. The summed E-state index contributed by atoms with van der Waals surface area (Å²) in [5.74, 6) is -0.0734. The molecule has 0 saturated carbocycles. The van der Waals surface area contributed by atoms with Crippen LogP contribution in [0.1, 0.15) is 322 Å². The van der Waals surface area contributed by atoms with Gasteiger partial charge in [0.25, 0.3) is 0 Å². The lowest BCUT2D eigenvalue weighted by Gasteiger charge is -2.20. The number of hydrogen-bond donors (Lipinski definition) is 3. The van der Waals surface area contributed by atoms with Crippen LogP contribution in [0.15, 0.2) is 48.6 Å². The summed E-state index contributed by atoms with van der Waals surface area (Å²) in [4.78, 5) is 12.5. The monoisotopic (exact) mass is 924 g/mol. The van der Waals surface area contributed by atoms with Crippen molar-refractivity contribution in [3.8, 4) is 0 Å². The molecule has 66 heavy (non-hydrogen) atoms. The quantitative estimate of drug-likeness (QED) is 0.0420. The van der Waals surface area contributed by atoms with Crippen molar-refractivity contribution in [2.24, 2.45) is 0 Å². The van der Waals surface area contributed by atoms with Gasteiger partial charge >= 0.3 is 0 Å². The number of aliphatic hydroxyl groups excluding tert-OH is 2. The molecule has 4 nitrogen and oxygen atoms in total. The Morgan fingerprint density at radius 2 is 0.621 bits per heavy atom. The Labute approximate surface area is 414 Å². The largest absolute Gasteiger partial charge is 0.394 e. The Kier molecular flexibility index (Phi) is 56.2.